The van der Waals surface area contributed by atoms with E-state index in [2.05, 4.69) is 10.3 Å². The molecule has 0 bridgehead atoms. The number of anilines is 1. The van der Waals surface area contributed by atoms with Crippen LogP contribution in [0.5, 0.6) is 0 Å². The van der Waals surface area contributed by atoms with E-state index in [0.29, 0.717) is 11.3 Å². The van der Waals surface area contributed by atoms with Crippen LogP contribution in [0.15, 0.2) is 65.7 Å². The molecular weight excluding hydrogens is 578 g/mol. The Kier molecular flexibility index (Phi) is 7.04. The van der Waals surface area contributed by atoms with E-state index in [4.69, 9.17) is 0 Å². The summed E-state index contributed by atoms with van der Waals surface area (Å²) < 4.78 is 81.9. The average Bonchev–Trinajstić information content (AvgIpc) is 3.76. The zero-order valence-electron chi connectivity index (χ0n) is 21.8. The van der Waals surface area contributed by atoms with Gasteiger partial charge in [-0.2, -0.15) is 24.9 Å². The summed E-state index contributed by atoms with van der Waals surface area (Å²) in [5.74, 6) is 0.959. The van der Waals surface area contributed by atoms with Crippen molar-refractivity contribution in [2.24, 2.45) is 5.92 Å². The molecule has 1 aliphatic carbocycles. The Labute approximate surface area is 239 Å². The van der Waals surface area contributed by atoms with Crippen molar-refractivity contribution < 1.29 is 30.8 Å². The summed E-state index contributed by atoms with van der Waals surface area (Å²) >= 11 is 1.82. The number of alkyl halides is 3. The highest BCUT2D eigenvalue weighted by molar-refractivity contribution is 7.99. The first-order valence-electron chi connectivity index (χ1n) is 13.3. The summed E-state index contributed by atoms with van der Waals surface area (Å²) in [7, 11) is -4.02. The molecule has 41 heavy (non-hydrogen) atoms. The lowest BCUT2D eigenvalue weighted by molar-refractivity contribution is -0.137. The van der Waals surface area contributed by atoms with Crippen molar-refractivity contribution in [3.8, 4) is 0 Å². The molecule has 1 saturated carbocycles. The van der Waals surface area contributed by atoms with Crippen LogP contribution in [0.3, 0.4) is 0 Å². The first-order chi connectivity index (χ1) is 19.5. The van der Waals surface area contributed by atoms with Crippen molar-refractivity contribution in [1.82, 2.24) is 10.3 Å². The first-order valence-corrected chi connectivity index (χ1v) is 15.9. The lowest BCUT2D eigenvalue weighted by Crippen LogP contribution is -2.50. The number of carbonyl (C=O) groups is 1. The van der Waals surface area contributed by atoms with Gasteiger partial charge >= 0.3 is 6.18 Å². The molecule has 3 aliphatic rings. The van der Waals surface area contributed by atoms with E-state index < -0.39 is 38.9 Å². The summed E-state index contributed by atoms with van der Waals surface area (Å²) in [6.45, 7) is -0.0639. The third-order valence-electron chi connectivity index (χ3n) is 8.26. The summed E-state index contributed by atoms with van der Waals surface area (Å²) in [4.78, 5) is 17.0. The van der Waals surface area contributed by atoms with Crippen molar-refractivity contribution >= 4 is 33.4 Å². The molecule has 12 heteroatoms. The Morgan fingerprint density at radius 2 is 1.76 bits per heavy atom. The van der Waals surface area contributed by atoms with Gasteiger partial charge in [-0.25, -0.2) is 12.8 Å². The number of rotatable bonds is 6. The van der Waals surface area contributed by atoms with E-state index in [1.54, 1.807) is 18.2 Å². The van der Waals surface area contributed by atoms with Crippen LogP contribution in [0.2, 0.25) is 0 Å². The van der Waals surface area contributed by atoms with Crippen molar-refractivity contribution in [1.29, 1.82) is 0 Å². The molecule has 6 rings (SSSR count). The van der Waals surface area contributed by atoms with Gasteiger partial charge in [-0.15, -0.1) is 0 Å². The number of carbonyl (C=O) groups excluding carboxylic acids is 1. The summed E-state index contributed by atoms with van der Waals surface area (Å²) in [6, 6.07) is 11.7. The van der Waals surface area contributed by atoms with E-state index in [1.165, 1.54) is 22.5 Å². The molecule has 3 aromatic rings. The maximum atomic E-state index is 14.1. The fourth-order valence-electron chi connectivity index (χ4n) is 6.13. The van der Waals surface area contributed by atoms with Crippen LogP contribution in [0.1, 0.15) is 52.9 Å². The maximum Gasteiger partial charge on any atom is 0.417 e. The molecule has 1 N–H and O–H groups in total. The lowest BCUT2D eigenvalue weighted by atomic mass is 9.70. The number of thioether (sulfide) groups is 1. The second-order valence-electron chi connectivity index (χ2n) is 10.8. The minimum absolute atomic E-state index is 0.0172. The monoisotopic (exact) mass is 605 g/mol. The number of pyridine rings is 1. The van der Waals surface area contributed by atoms with Crippen molar-refractivity contribution in [3.05, 3.63) is 89.0 Å². The van der Waals surface area contributed by atoms with Crippen molar-refractivity contribution in [3.63, 3.8) is 0 Å². The van der Waals surface area contributed by atoms with Crippen LogP contribution in [-0.2, 0) is 28.2 Å². The molecule has 2 fully saturated rings. The highest BCUT2D eigenvalue weighted by Crippen LogP contribution is 2.59. The van der Waals surface area contributed by atoms with E-state index >= 15 is 0 Å². The number of benzene rings is 2. The Bertz CT molecular complexity index is 1570. The van der Waals surface area contributed by atoms with E-state index in [9.17, 15) is 30.8 Å². The third-order valence-corrected chi connectivity index (χ3v) is 11.1. The zero-order valence-corrected chi connectivity index (χ0v) is 23.5. The third kappa shape index (κ3) is 5.09. The number of hydrogen-bond donors (Lipinski definition) is 1. The largest absolute Gasteiger partial charge is 0.417 e. The lowest BCUT2D eigenvalue weighted by Gasteiger charge is -2.41. The summed E-state index contributed by atoms with van der Waals surface area (Å²) in [5, 5.41) is 2.72. The molecule has 6 nitrogen and oxygen atoms in total. The molecule has 1 amide bonds. The Morgan fingerprint density at radius 3 is 2.37 bits per heavy atom. The van der Waals surface area contributed by atoms with Gasteiger partial charge in [0.15, 0.2) is 0 Å². The number of fused-ring (bicyclic) bond motifs is 2. The predicted molar refractivity (Wildman–Crippen MR) is 148 cm³/mol. The van der Waals surface area contributed by atoms with Crippen LogP contribution >= 0.6 is 11.8 Å². The second-order valence-corrected chi connectivity index (χ2v) is 13.8. The highest BCUT2D eigenvalue weighted by atomic mass is 32.2. The molecule has 2 aliphatic heterocycles. The van der Waals surface area contributed by atoms with Gasteiger partial charge in [0.05, 0.1) is 34.4 Å². The number of amides is 1. The van der Waals surface area contributed by atoms with Gasteiger partial charge in [0.25, 0.3) is 15.9 Å². The second kappa shape index (κ2) is 10.3. The van der Waals surface area contributed by atoms with Gasteiger partial charge in [-0.1, -0.05) is 0 Å². The molecule has 3 heterocycles. The predicted octanol–water partition coefficient (Wildman–Crippen LogP) is 5.92. The molecule has 1 aromatic heterocycles. The van der Waals surface area contributed by atoms with Crippen molar-refractivity contribution in [2.75, 3.05) is 15.8 Å². The Hall–Kier alpha value is -3.12. The summed E-state index contributed by atoms with van der Waals surface area (Å²) in [5.41, 5.74) is 0.648. The topological polar surface area (TPSA) is 79.4 Å². The normalized spacial score (nSPS) is 20.2. The van der Waals surface area contributed by atoms with Gasteiger partial charge in [0.1, 0.15) is 5.82 Å². The SMILES string of the molecule is O=C(NCc1ccc(C(F)(F)F)cn1)c1ccc2c(c1)C1(CCSCC1)C(C1CC1)N2S(=O)(=O)c1ccc(F)cc1. The molecule has 1 saturated heterocycles. The molecule has 1 spiro atoms. The number of nitrogens with zero attached hydrogens (tertiary/aromatic N) is 2. The van der Waals surface area contributed by atoms with E-state index in [0.717, 1.165) is 67.1 Å². The minimum Gasteiger partial charge on any atom is -0.346 e. The molecule has 1 unspecified atom stereocenters. The molecule has 216 valence electrons. The van der Waals surface area contributed by atoms with Gasteiger partial charge in [-0.05, 0) is 103 Å². The van der Waals surface area contributed by atoms with Gasteiger partial charge < -0.3 is 5.32 Å². The summed E-state index contributed by atoms with van der Waals surface area (Å²) in [6.07, 6.45) is -0.407. The maximum absolute atomic E-state index is 14.1. The van der Waals surface area contributed by atoms with Crippen LogP contribution in [0.25, 0.3) is 0 Å². The fraction of sp³-hybridized carbons (Fsp3) is 0.379. The smallest absolute Gasteiger partial charge is 0.346 e. The number of halogens is 4. The van der Waals surface area contributed by atoms with Crippen LogP contribution < -0.4 is 9.62 Å². The quantitative estimate of drug-likeness (QED) is 0.353. The van der Waals surface area contributed by atoms with Crippen LogP contribution in [-0.4, -0.2) is 36.9 Å². The van der Waals surface area contributed by atoms with Gasteiger partial charge in [0, 0.05) is 17.2 Å². The Morgan fingerprint density at radius 1 is 1.05 bits per heavy atom. The molecule has 1 atom stereocenters. The van der Waals surface area contributed by atoms with Crippen molar-refractivity contribution in [2.45, 2.75) is 54.8 Å². The average molecular weight is 606 g/mol. The molecular formula is C29H27F4N3O3S2. The molecule has 2 aromatic carbocycles. The van der Waals surface area contributed by atoms with E-state index in [1.807, 2.05) is 11.8 Å². The standard InChI is InChI=1S/C29H27F4N3O3S2/c30-21-5-8-23(9-6-21)41(38,39)36-25-10-3-19(27(37)35-17-22-7-4-20(16-34-22)29(31,32)33)15-24(25)28(11-13-40-14-12-28)26(36)18-1-2-18/h3-10,15-16,18,26H,1-2,11-14,17H2,(H,35,37). The highest BCUT2D eigenvalue weighted by Gasteiger charge is 2.59. The number of sulfonamides is 1. The number of aromatic nitrogens is 1. The number of nitrogens with one attached hydrogen (secondary N) is 1. The zero-order chi connectivity index (χ0) is 29.0. The minimum atomic E-state index is -4.50. The van der Waals surface area contributed by atoms with Crippen LogP contribution in [0.4, 0.5) is 23.2 Å². The van der Waals surface area contributed by atoms with Gasteiger partial charge in [-0.3, -0.25) is 14.1 Å². The Balaban J connectivity index is 1.34. The first kappa shape index (κ1) is 28.0. The fourth-order valence-corrected chi connectivity index (χ4v) is 9.15. The van der Waals surface area contributed by atoms with E-state index in [-0.39, 0.29) is 29.1 Å². The van der Waals surface area contributed by atoms with Crippen LogP contribution in [0, 0.1) is 11.7 Å². The molecule has 0 radical (unpaired) electrons. The van der Waals surface area contributed by atoms with Gasteiger partial charge in [0.2, 0.25) is 0 Å². The number of hydrogen-bond acceptors (Lipinski definition) is 5.